The zero-order valence-corrected chi connectivity index (χ0v) is 20.1. The normalized spacial score (nSPS) is 22.1. The molecule has 4 heterocycles. The molecule has 2 aliphatic rings. The number of ether oxygens (including phenoxy) is 1. The van der Waals surface area contributed by atoms with Crippen molar-refractivity contribution in [3.8, 4) is 0 Å². The van der Waals surface area contributed by atoms with Gasteiger partial charge in [0.2, 0.25) is 0 Å². The van der Waals surface area contributed by atoms with E-state index in [9.17, 15) is 9.59 Å². The van der Waals surface area contributed by atoms with Gasteiger partial charge in [-0.1, -0.05) is 31.2 Å². The fraction of sp³-hybridized carbons (Fsp3) is 0.259. The molecular formula is C27H28N6O3. The lowest BCUT2D eigenvalue weighted by atomic mass is 10.0. The number of fused-ring (bicyclic) bond motifs is 1. The second-order valence-corrected chi connectivity index (χ2v) is 8.84. The number of nitrogens with one attached hydrogen (secondary N) is 1. The van der Waals surface area contributed by atoms with Gasteiger partial charge in [0.1, 0.15) is 18.0 Å². The number of anilines is 2. The summed E-state index contributed by atoms with van der Waals surface area (Å²) < 4.78 is 5.86. The second kappa shape index (κ2) is 9.79. The van der Waals surface area contributed by atoms with Crippen molar-refractivity contribution >= 4 is 29.5 Å². The summed E-state index contributed by atoms with van der Waals surface area (Å²) in [7, 11) is 1.71. The van der Waals surface area contributed by atoms with Crippen LogP contribution in [-0.2, 0) is 9.53 Å². The van der Waals surface area contributed by atoms with E-state index < -0.39 is 12.3 Å². The number of benzene rings is 1. The number of likely N-dealkylation sites (N-methyl/N-ethyl adjacent to an activating group) is 1. The number of urea groups is 1. The lowest BCUT2D eigenvalue weighted by Crippen LogP contribution is -2.53. The van der Waals surface area contributed by atoms with Gasteiger partial charge in [0.25, 0.3) is 5.91 Å². The first kappa shape index (κ1) is 23.5. The van der Waals surface area contributed by atoms with Gasteiger partial charge in [-0.2, -0.15) is 0 Å². The van der Waals surface area contributed by atoms with Crippen molar-refractivity contribution in [1.82, 2.24) is 20.2 Å². The smallest absolute Gasteiger partial charge is 0.320 e. The molecule has 3 N–H and O–H groups in total. The quantitative estimate of drug-likeness (QED) is 0.518. The van der Waals surface area contributed by atoms with Gasteiger partial charge in [0.15, 0.2) is 6.23 Å². The number of para-hydroxylation sites is 1. The monoisotopic (exact) mass is 484 g/mol. The predicted octanol–water partition coefficient (Wildman–Crippen LogP) is 3.38. The van der Waals surface area contributed by atoms with Gasteiger partial charge < -0.3 is 20.7 Å². The molecule has 36 heavy (non-hydrogen) atoms. The minimum Gasteiger partial charge on any atom is -0.384 e. The molecule has 0 radical (unpaired) electrons. The van der Waals surface area contributed by atoms with Gasteiger partial charge in [-0.3, -0.25) is 14.7 Å². The van der Waals surface area contributed by atoms with Crippen LogP contribution in [0, 0.1) is 0 Å². The van der Waals surface area contributed by atoms with Gasteiger partial charge in [0, 0.05) is 31.3 Å². The minimum absolute atomic E-state index is 0.225. The SMILES string of the molecule is CCC(NC(=O)N1C2OC2/C(=C\c2ccnc(N)c2)[C@H]1C(=O)N(C)c1ccccc1)c1ccncc1. The Morgan fingerprint density at radius 2 is 1.92 bits per heavy atom. The largest absolute Gasteiger partial charge is 0.384 e. The summed E-state index contributed by atoms with van der Waals surface area (Å²) >= 11 is 0. The van der Waals surface area contributed by atoms with Crippen LogP contribution in [0.5, 0.6) is 0 Å². The molecule has 3 unspecified atom stereocenters. The fourth-order valence-corrected chi connectivity index (χ4v) is 4.63. The third-order valence-electron chi connectivity index (χ3n) is 6.56. The van der Waals surface area contributed by atoms with Crippen LogP contribution < -0.4 is 16.0 Å². The number of likely N-dealkylation sites (tertiary alicyclic amines) is 1. The van der Waals surface area contributed by atoms with E-state index in [0.29, 0.717) is 17.8 Å². The average Bonchev–Trinajstić information content (AvgIpc) is 3.63. The Morgan fingerprint density at radius 3 is 2.61 bits per heavy atom. The van der Waals surface area contributed by atoms with Crippen molar-refractivity contribution in [3.05, 3.63) is 89.9 Å². The number of pyridine rings is 2. The van der Waals surface area contributed by atoms with Gasteiger partial charge in [0.05, 0.1) is 6.04 Å². The van der Waals surface area contributed by atoms with Gasteiger partial charge in [-0.05, 0) is 59.5 Å². The molecule has 9 heteroatoms. The first-order valence-corrected chi connectivity index (χ1v) is 11.9. The summed E-state index contributed by atoms with van der Waals surface area (Å²) in [6.45, 7) is 2.00. The van der Waals surface area contributed by atoms with Gasteiger partial charge in [-0.25, -0.2) is 9.78 Å². The number of carbonyl (C=O) groups excluding carboxylic acids is 2. The van der Waals surface area contributed by atoms with E-state index in [1.165, 1.54) is 4.90 Å². The molecule has 3 amide bonds. The van der Waals surface area contributed by atoms with Crippen LogP contribution in [0.25, 0.3) is 6.08 Å². The first-order chi connectivity index (χ1) is 17.5. The second-order valence-electron chi connectivity index (χ2n) is 8.84. The molecule has 0 saturated carbocycles. The van der Waals surface area contributed by atoms with E-state index in [4.69, 9.17) is 10.5 Å². The van der Waals surface area contributed by atoms with Crippen LogP contribution in [0.1, 0.15) is 30.5 Å². The Morgan fingerprint density at radius 1 is 1.17 bits per heavy atom. The molecule has 0 spiro atoms. The summed E-state index contributed by atoms with van der Waals surface area (Å²) in [6.07, 6.45) is 6.69. The lowest BCUT2D eigenvalue weighted by molar-refractivity contribution is -0.122. The molecule has 2 saturated heterocycles. The molecule has 2 aliphatic heterocycles. The Kier molecular flexibility index (Phi) is 6.39. The van der Waals surface area contributed by atoms with E-state index in [-0.39, 0.29) is 24.1 Å². The van der Waals surface area contributed by atoms with E-state index >= 15 is 0 Å². The van der Waals surface area contributed by atoms with E-state index in [1.54, 1.807) is 36.6 Å². The number of hydrogen-bond donors (Lipinski definition) is 2. The topological polar surface area (TPSA) is 117 Å². The summed E-state index contributed by atoms with van der Waals surface area (Å²) in [5, 5.41) is 3.09. The number of amides is 3. The lowest BCUT2D eigenvalue weighted by Gasteiger charge is -2.31. The number of hydrogen-bond acceptors (Lipinski definition) is 6. The van der Waals surface area contributed by atoms with Crippen LogP contribution in [0.15, 0.2) is 78.8 Å². The van der Waals surface area contributed by atoms with Gasteiger partial charge in [-0.15, -0.1) is 0 Å². The van der Waals surface area contributed by atoms with Crippen molar-refractivity contribution in [2.75, 3.05) is 17.7 Å². The van der Waals surface area contributed by atoms with E-state index in [0.717, 1.165) is 16.8 Å². The maximum absolute atomic E-state index is 13.9. The number of nitrogens with two attached hydrogens (primary N) is 1. The standard InChI is InChI=1S/C27H28N6O3/c1-3-21(18-10-12-29-13-11-18)31-27(35)33-23(25(34)32(2)19-7-5-4-6-8-19)20(24-26(33)36-24)15-17-9-14-30-22(28)16-17/h4-16,21,23-24,26H,3H2,1-2H3,(H2,28,30)(H,31,35)/b20-15-/t21?,23-,24?,26?/m0/s1. The summed E-state index contributed by atoms with van der Waals surface area (Å²) in [5.74, 6) is 0.148. The van der Waals surface area contributed by atoms with Crippen LogP contribution in [0.3, 0.4) is 0 Å². The highest BCUT2D eigenvalue weighted by molar-refractivity contribution is 6.02. The van der Waals surface area contributed by atoms with E-state index in [2.05, 4.69) is 15.3 Å². The van der Waals surface area contributed by atoms with Gasteiger partial charge >= 0.3 is 6.03 Å². The van der Waals surface area contributed by atoms with Crippen LogP contribution >= 0.6 is 0 Å². The summed E-state index contributed by atoms with van der Waals surface area (Å²) in [5.41, 5.74) is 9.06. The maximum Gasteiger partial charge on any atom is 0.320 e. The number of carbonyl (C=O) groups is 2. The Balaban J connectivity index is 1.49. The molecule has 2 fully saturated rings. The number of nitrogens with zero attached hydrogens (tertiary/aromatic N) is 4. The van der Waals surface area contributed by atoms with E-state index in [1.807, 2.05) is 61.5 Å². The van der Waals surface area contributed by atoms with Crippen LogP contribution in [-0.4, -0.2) is 52.2 Å². The van der Waals surface area contributed by atoms with Crippen LogP contribution in [0.2, 0.25) is 0 Å². The number of rotatable bonds is 6. The highest BCUT2D eigenvalue weighted by Crippen LogP contribution is 2.46. The summed E-state index contributed by atoms with van der Waals surface area (Å²) in [4.78, 5) is 38.7. The molecule has 1 aromatic carbocycles. The maximum atomic E-state index is 13.9. The molecule has 9 nitrogen and oxygen atoms in total. The Hall–Kier alpha value is -4.24. The molecule has 5 rings (SSSR count). The molecule has 3 aromatic rings. The zero-order valence-electron chi connectivity index (χ0n) is 20.1. The summed E-state index contributed by atoms with van der Waals surface area (Å²) in [6, 6.07) is 15.2. The highest BCUT2D eigenvalue weighted by atomic mass is 16.6. The number of aromatic nitrogens is 2. The highest BCUT2D eigenvalue weighted by Gasteiger charge is 2.62. The predicted molar refractivity (Wildman–Crippen MR) is 137 cm³/mol. The molecule has 4 atom stereocenters. The molecule has 184 valence electrons. The number of nitrogen functional groups attached to an aromatic ring is 1. The molecular weight excluding hydrogens is 456 g/mol. The average molecular weight is 485 g/mol. The van der Waals surface area contributed by atoms with Crippen molar-refractivity contribution in [3.63, 3.8) is 0 Å². The zero-order chi connectivity index (χ0) is 25.2. The van der Waals surface area contributed by atoms with Crippen molar-refractivity contribution in [2.45, 2.75) is 37.8 Å². The third kappa shape index (κ3) is 4.52. The number of epoxide rings is 1. The minimum atomic E-state index is -0.830. The third-order valence-corrected chi connectivity index (χ3v) is 6.56. The molecule has 0 bridgehead atoms. The Bertz CT molecular complexity index is 1280. The van der Waals surface area contributed by atoms with Crippen molar-refractivity contribution < 1.29 is 14.3 Å². The fourth-order valence-electron chi connectivity index (χ4n) is 4.63. The molecule has 0 aliphatic carbocycles. The van der Waals surface area contributed by atoms with Crippen molar-refractivity contribution in [1.29, 1.82) is 0 Å². The first-order valence-electron chi connectivity index (χ1n) is 11.9. The van der Waals surface area contributed by atoms with Crippen LogP contribution in [0.4, 0.5) is 16.3 Å². The molecule has 2 aromatic heterocycles. The van der Waals surface area contributed by atoms with Crippen molar-refractivity contribution in [2.24, 2.45) is 0 Å². The Labute approximate surface area is 209 Å².